The summed E-state index contributed by atoms with van der Waals surface area (Å²) in [4.78, 5) is 11.7. The van der Waals surface area contributed by atoms with Crippen molar-refractivity contribution in [1.29, 1.82) is 0 Å². The van der Waals surface area contributed by atoms with Crippen LogP contribution in [-0.2, 0) is 4.79 Å². The minimum atomic E-state index is -0.210. The summed E-state index contributed by atoms with van der Waals surface area (Å²) in [5.41, 5.74) is 5.96. The molecular formula is C13H26N2O. The summed E-state index contributed by atoms with van der Waals surface area (Å²) >= 11 is 0. The normalized spacial score (nSPS) is 19.0. The number of hydrogen-bond acceptors (Lipinski definition) is 2. The van der Waals surface area contributed by atoms with Gasteiger partial charge in [0.2, 0.25) is 5.91 Å². The monoisotopic (exact) mass is 226 g/mol. The van der Waals surface area contributed by atoms with E-state index in [0.717, 1.165) is 32.2 Å². The predicted molar refractivity (Wildman–Crippen MR) is 67.1 cm³/mol. The first kappa shape index (κ1) is 13.5. The van der Waals surface area contributed by atoms with Crippen molar-refractivity contribution in [2.75, 3.05) is 6.54 Å². The Kier molecular flexibility index (Phi) is 5.26. The fourth-order valence-electron chi connectivity index (χ4n) is 2.47. The summed E-state index contributed by atoms with van der Waals surface area (Å²) in [5.74, 6) is 0.748. The summed E-state index contributed by atoms with van der Waals surface area (Å²) in [5, 5.41) is 3.02. The number of nitrogens with one attached hydrogen (secondary N) is 1. The van der Waals surface area contributed by atoms with Gasteiger partial charge in [-0.05, 0) is 18.8 Å². The third kappa shape index (κ3) is 4.12. The Labute approximate surface area is 99.2 Å². The van der Waals surface area contributed by atoms with Gasteiger partial charge in [-0.25, -0.2) is 0 Å². The molecule has 16 heavy (non-hydrogen) atoms. The van der Waals surface area contributed by atoms with Crippen molar-refractivity contribution in [2.24, 2.45) is 11.7 Å². The van der Waals surface area contributed by atoms with Crippen molar-refractivity contribution in [1.82, 2.24) is 5.32 Å². The van der Waals surface area contributed by atoms with Crippen LogP contribution in [0.2, 0.25) is 0 Å². The van der Waals surface area contributed by atoms with Gasteiger partial charge in [-0.3, -0.25) is 4.79 Å². The van der Waals surface area contributed by atoms with Crippen LogP contribution >= 0.6 is 0 Å². The Bertz CT molecular complexity index is 218. The van der Waals surface area contributed by atoms with Crippen LogP contribution in [0.5, 0.6) is 0 Å². The van der Waals surface area contributed by atoms with Crippen LogP contribution in [0.25, 0.3) is 0 Å². The molecule has 0 bridgehead atoms. The fraction of sp³-hybridized carbons (Fsp3) is 0.923. The first-order valence-corrected chi connectivity index (χ1v) is 6.65. The highest BCUT2D eigenvalue weighted by Gasteiger charge is 2.31. The lowest BCUT2D eigenvalue weighted by Gasteiger charge is -2.23. The van der Waals surface area contributed by atoms with Crippen LogP contribution in [0.4, 0.5) is 0 Å². The van der Waals surface area contributed by atoms with E-state index < -0.39 is 0 Å². The number of rotatable bonds is 6. The Balaban J connectivity index is 2.25. The van der Waals surface area contributed by atoms with E-state index in [4.69, 9.17) is 5.73 Å². The van der Waals surface area contributed by atoms with Gasteiger partial charge in [-0.2, -0.15) is 0 Å². The molecule has 1 aliphatic carbocycles. The number of carbonyl (C=O) groups excluding carboxylic acids is 1. The standard InChI is InChI=1S/C13H26N2O/c1-3-11(4-2)10-15-12(16)9-13(14)7-5-6-8-13/h11H,3-10,14H2,1-2H3,(H,15,16). The van der Waals surface area contributed by atoms with Crippen LogP contribution in [0.15, 0.2) is 0 Å². The Morgan fingerprint density at radius 1 is 1.31 bits per heavy atom. The largest absolute Gasteiger partial charge is 0.356 e. The maximum atomic E-state index is 11.7. The van der Waals surface area contributed by atoms with Gasteiger partial charge in [0.15, 0.2) is 0 Å². The van der Waals surface area contributed by atoms with E-state index in [-0.39, 0.29) is 11.4 Å². The zero-order chi connectivity index (χ0) is 12.0. The smallest absolute Gasteiger partial charge is 0.221 e. The van der Waals surface area contributed by atoms with E-state index in [1.54, 1.807) is 0 Å². The molecule has 1 saturated carbocycles. The lowest BCUT2D eigenvalue weighted by Crippen LogP contribution is -2.42. The molecule has 1 fully saturated rings. The van der Waals surface area contributed by atoms with Gasteiger partial charge >= 0.3 is 0 Å². The molecule has 1 rings (SSSR count). The van der Waals surface area contributed by atoms with Crippen molar-refractivity contribution in [3.05, 3.63) is 0 Å². The summed E-state index contributed by atoms with van der Waals surface area (Å²) in [6.45, 7) is 5.14. The molecule has 0 spiro atoms. The molecular weight excluding hydrogens is 200 g/mol. The predicted octanol–water partition coefficient (Wildman–Crippen LogP) is 2.20. The molecule has 1 amide bonds. The maximum absolute atomic E-state index is 11.7. The summed E-state index contributed by atoms with van der Waals surface area (Å²) in [7, 11) is 0. The van der Waals surface area contributed by atoms with Gasteiger partial charge in [-0.1, -0.05) is 39.5 Å². The average molecular weight is 226 g/mol. The molecule has 0 aromatic rings. The van der Waals surface area contributed by atoms with Crippen molar-refractivity contribution in [3.63, 3.8) is 0 Å². The number of hydrogen-bond donors (Lipinski definition) is 2. The minimum Gasteiger partial charge on any atom is -0.356 e. The van der Waals surface area contributed by atoms with Crippen LogP contribution < -0.4 is 11.1 Å². The number of amides is 1. The molecule has 1 aliphatic rings. The molecule has 0 unspecified atom stereocenters. The molecule has 3 nitrogen and oxygen atoms in total. The van der Waals surface area contributed by atoms with Crippen LogP contribution in [-0.4, -0.2) is 18.0 Å². The summed E-state index contributed by atoms with van der Waals surface area (Å²) in [6, 6.07) is 0. The molecule has 0 aliphatic heterocycles. The second kappa shape index (κ2) is 6.24. The lowest BCUT2D eigenvalue weighted by molar-refractivity contribution is -0.122. The van der Waals surface area contributed by atoms with Crippen molar-refractivity contribution in [2.45, 2.75) is 64.3 Å². The van der Waals surface area contributed by atoms with E-state index in [1.165, 1.54) is 12.8 Å². The number of carbonyl (C=O) groups is 1. The Morgan fingerprint density at radius 3 is 2.38 bits per heavy atom. The molecule has 0 aromatic carbocycles. The van der Waals surface area contributed by atoms with E-state index in [1.807, 2.05) is 0 Å². The fourth-order valence-corrected chi connectivity index (χ4v) is 2.47. The SMILES string of the molecule is CCC(CC)CNC(=O)CC1(N)CCCC1. The third-order valence-electron chi connectivity index (χ3n) is 3.85. The van der Waals surface area contributed by atoms with Gasteiger partial charge in [-0.15, -0.1) is 0 Å². The second-order valence-electron chi connectivity index (χ2n) is 5.23. The van der Waals surface area contributed by atoms with Crippen molar-refractivity contribution < 1.29 is 4.79 Å². The van der Waals surface area contributed by atoms with E-state index in [2.05, 4.69) is 19.2 Å². The molecule has 3 N–H and O–H groups in total. The zero-order valence-electron chi connectivity index (χ0n) is 10.7. The second-order valence-corrected chi connectivity index (χ2v) is 5.23. The van der Waals surface area contributed by atoms with Crippen LogP contribution in [0.1, 0.15) is 58.8 Å². The molecule has 3 heteroatoms. The quantitative estimate of drug-likeness (QED) is 0.729. The molecule has 0 aromatic heterocycles. The molecule has 94 valence electrons. The van der Waals surface area contributed by atoms with Crippen molar-refractivity contribution in [3.8, 4) is 0 Å². The highest BCUT2D eigenvalue weighted by molar-refractivity contribution is 5.77. The van der Waals surface area contributed by atoms with Gasteiger partial charge in [0, 0.05) is 18.5 Å². The lowest BCUT2D eigenvalue weighted by atomic mass is 9.94. The zero-order valence-corrected chi connectivity index (χ0v) is 10.7. The molecule has 0 atom stereocenters. The van der Waals surface area contributed by atoms with Gasteiger partial charge in [0.1, 0.15) is 0 Å². The minimum absolute atomic E-state index is 0.135. The Morgan fingerprint density at radius 2 is 1.88 bits per heavy atom. The maximum Gasteiger partial charge on any atom is 0.221 e. The third-order valence-corrected chi connectivity index (χ3v) is 3.85. The summed E-state index contributed by atoms with van der Waals surface area (Å²) in [6.07, 6.45) is 7.13. The molecule has 0 saturated heterocycles. The highest BCUT2D eigenvalue weighted by atomic mass is 16.1. The summed E-state index contributed by atoms with van der Waals surface area (Å²) < 4.78 is 0. The highest BCUT2D eigenvalue weighted by Crippen LogP contribution is 2.29. The van der Waals surface area contributed by atoms with Gasteiger partial charge in [0.25, 0.3) is 0 Å². The van der Waals surface area contributed by atoms with Gasteiger partial charge in [0.05, 0.1) is 0 Å². The van der Waals surface area contributed by atoms with Crippen LogP contribution in [0, 0.1) is 5.92 Å². The van der Waals surface area contributed by atoms with E-state index in [9.17, 15) is 4.79 Å². The average Bonchev–Trinajstić information content (AvgIpc) is 2.66. The van der Waals surface area contributed by atoms with Crippen LogP contribution in [0.3, 0.4) is 0 Å². The number of nitrogens with two attached hydrogens (primary N) is 1. The van der Waals surface area contributed by atoms with Gasteiger partial charge < -0.3 is 11.1 Å². The van der Waals surface area contributed by atoms with E-state index >= 15 is 0 Å². The molecule has 0 heterocycles. The van der Waals surface area contributed by atoms with Crippen molar-refractivity contribution >= 4 is 5.91 Å². The Hall–Kier alpha value is -0.570. The van der Waals surface area contributed by atoms with E-state index in [0.29, 0.717) is 12.3 Å². The molecule has 0 radical (unpaired) electrons. The first-order chi connectivity index (χ1) is 7.59. The first-order valence-electron chi connectivity index (χ1n) is 6.65. The topological polar surface area (TPSA) is 55.1 Å².